The minimum atomic E-state index is -5.08. The second-order valence-corrected chi connectivity index (χ2v) is 9.58. The maximum atomic E-state index is 13.6. The lowest BCUT2D eigenvalue weighted by Gasteiger charge is -2.36. The third-order valence-corrected chi connectivity index (χ3v) is 7.06. The Morgan fingerprint density at radius 1 is 0.974 bits per heavy atom. The molecule has 13 heteroatoms. The predicted molar refractivity (Wildman–Crippen MR) is 131 cm³/mol. The van der Waals surface area contributed by atoms with Crippen LogP contribution in [0.1, 0.15) is 42.1 Å². The lowest BCUT2D eigenvalue weighted by atomic mass is 10.0. The highest BCUT2D eigenvalue weighted by atomic mass is 19.4. The van der Waals surface area contributed by atoms with Crippen LogP contribution < -0.4 is 5.69 Å². The highest BCUT2D eigenvalue weighted by Crippen LogP contribution is 2.27. The smallest absolute Gasteiger partial charge is 0.475 e. The van der Waals surface area contributed by atoms with Crippen molar-refractivity contribution < 1.29 is 36.6 Å². The number of aromatic amines is 1. The maximum Gasteiger partial charge on any atom is 0.490 e. The number of carboxylic acids is 1. The van der Waals surface area contributed by atoms with E-state index in [0.29, 0.717) is 6.54 Å². The van der Waals surface area contributed by atoms with Gasteiger partial charge < -0.3 is 19.9 Å². The van der Waals surface area contributed by atoms with E-state index in [-0.39, 0.29) is 29.2 Å². The first kappa shape index (κ1) is 28.3. The number of H-pyrrole nitrogens is 1. The number of carbonyl (C=O) groups excluding carboxylic acids is 1. The Hall–Kier alpha value is -3.74. The molecule has 0 bridgehead atoms. The Kier molecular flexibility index (Phi) is 8.38. The van der Waals surface area contributed by atoms with Crippen LogP contribution in [0.2, 0.25) is 0 Å². The molecule has 1 aromatic heterocycles. The molecule has 1 amide bonds. The Morgan fingerprint density at radius 3 is 2.28 bits per heavy atom. The second-order valence-electron chi connectivity index (χ2n) is 9.58. The second kappa shape index (κ2) is 11.6. The monoisotopic (exact) mass is 554 g/mol. The summed E-state index contributed by atoms with van der Waals surface area (Å²) < 4.78 is 60.4. The SMILES string of the molecule is O=C(O)C(F)(F)F.O=C(c1ccc(F)c(F)c1)N1CCCC1CN1CCC(n2c(=O)[nH]c3ccccc32)CC1. The number of nitrogens with one attached hydrogen (secondary N) is 1. The number of hydrogen-bond acceptors (Lipinski definition) is 4. The van der Waals surface area contributed by atoms with Crippen molar-refractivity contribution in [2.24, 2.45) is 0 Å². The molecule has 0 radical (unpaired) electrons. The number of alkyl halides is 3. The van der Waals surface area contributed by atoms with Crippen LogP contribution in [0.25, 0.3) is 11.0 Å². The first-order valence-corrected chi connectivity index (χ1v) is 12.4. The quantitative estimate of drug-likeness (QED) is 0.472. The Labute approximate surface area is 219 Å². The van der Waals surface area contributed by atoms with Crippen molar-refractivity contribution in [1.82, 2.24) is 19.4 Å². The van der Waals surface area contributed by atoms with Gasteiger partial charge in [-0.25, -0.2) is 18.4 Å². The van der Waals surface area contributed by atoms with Gasteiger partial charge in [-0.1, -0.05) is 12.1 Å². The highest BCUT2D eigenvalue weighted by molar-refractivity contribution is 5.94. The van der Waals surface area contributed by atoms with Crippen LogP contribution in [0.3, 0.4) is 0 Å². The summed E-state index contributed by atoms with van der Waals surface area (Å²) in [5.41, 5.74) is 1.92. The lowest BCUT2D eigenvalue weighted by Crippen LogP contribution is -2.46. The summed E-state index contributed by atoms with van der Waals surface area (Å²) in [7, 11) is 0. The lowest BCUT2D eigenvalue weighted by molar-refractivity contribution is -0.192. The fourth-order valence-corrected chi connectivity index (χ4v) is 5.18. The van der Waals surface area contributed by atoms with Gasteiger partial charge in [0.2, 0.25) is 0 Å². The molecule has 1 unspecified atom stereocenters. The van der Waals surface area contributed by atoms with E-state index in [2.05, 4.69) is 9.88 Å². The zero-order chi connectivity index (χ0) is 28.3. The van der Waals surface area contributed by atoms with Gasteiger partial charge in [0.1, 0.15) is 0 Å². The van der Waals surface area contributed by atoms with Crippen LogP contribution in [-0.4, -0.2) is 74.7 Å². The average Bonchev–Trinajstić information content (AvgIpc) is 3.49. The standard InChI is InChI=1S/C24H26F2N4O2.C2HF3O2/c25-19-8-7-16(14-20(19)26)23(31)29-11-3-4-18(29)15-28-12-9-17(10-13-28)30-22-6-2-1-5-21(22)27-24(30)32;3-2(4,5)1(6)7/h1-2,5-8,14,17-18H,3-4,9-13,15H2,(H,27,32);(H,6,7). The zero-order valence-corrected chi connectivity index (χ0v) is 20.8. The number of fused-ring (bicyclic) bond motifs is 1. The van der Waals surface area contributed by atoms with E-state index in [1.807, 2.05) is 28.8 Å². The van der Waals surface area contributed by atoms with Crippen LogP contribution in [0.15, 0.2) is 47.3 Å². The number of para-hydroxylation sites is 2. The molecule has 3 aromatic rings. The molecule has 2 N–H and O–H groups in total. The highest BCUT2D eigenvalue weighted by Gasteiger charge is 2.38. The summed E-state index contributed by atoms with van der Waals surface area (Å²) in [6.07, 6.45) is -1.55. The predicted octanol–water partition coefficient (Wildman–Crippen LogP) is 4.18. The van der Waals surface area contributed by atoms with E-state index in [1.54, 1.807) is 4.90 Å². The van der Waals surface area contributed by atoms with E-state index in [9.17, 15) is 31.5 Å². The molecule has 2 aliphatic rings. The summed E-state index contributed by atoms with van der Waals surface area (Å²) >= 11 is 0. The molecule has 39 heavy (non-hydrogen) atoms. The number of aromatic nitrogens is 2. The minimum Gasteiger partial charge on any atom is -0.475 e. The zero-order valence-electron chi connectivity index (χ0n) is 20.8. The topological polar surface area (TPSA) is 98.6 Å². The summed E-state index contributed by atoms with van der Waals surface area (Å²) in [5.74, 6) is -4.95. The van der Waals surface area contributed by atoms with Gasteiger partial charge in [0, 0.05) is 43.8 Å². The number of halogens is 5. The van der Waals surface area contributed by atoms with Crippen molar-refractivity contribution in [3.8, 4) is 0 Å². The molecule has 0 aliphatic carbocycles. The maximum absolute atomic E-state index is 13.6. The number of carbonyl (C=O) groups is 2. The molecule has 2 fully saturated rings. The number of rotatable bonds is 4. The number of likely N-dealkylation sites (tertiary alicyclic amines) is 2. The van der Waals surface area contributed by atoms with E-state index in [1.165, 1.54) is 6.07 Å². The molecular formula is C26H27F5N4O4. The molecule has 5 rings (SSSR count). The summed E-state index contributed by atoms with van der Waals surface area (Å²) in [6.45, 7) is 3.08. The van der Waals surface area contributed by atoms with Crippen LogP contribution in [0.4, 0.5) is 22.0 Å². The fourth-order valence-electron chi connectivity index (χ4n) is 5.18. The average molecular weight is 555 g/mol. The van der Waals surface area contributed by atoms with E-state index >= 15 is 0 Å². The summed E-state index contributed by atoms with van der Waals surface area (Å²) in [6, 6.07) is 11.3. The molecule has 3 heterocycles. The third-order valence-electron chi connectivity index (χ3n) is 7.06. The molecule has 0 saturated carbocycles. The number of amides is 1. The van der Waals surface area contributed by atoms with Crippen molar-refractivity contribution >= 4 is 22.9 Å². The molecular weight excluding hydrogens is 527 g/mol. The molecule has 1 atom stereocenters. The number of piperidine rings is 1. The number of hydrogen-bond donors (Lipinski definition) is 2. The molecule has 2 aromatic carbocycles. The molecule has 210 valence electrons. The van der Waals surface area contributed by atoms with Gasteiger partial charge in [-0.15, -0.1) is 0 Å². The first-order chi connectivity index (χ1) is 18.5. The molecule has 2 aliphatic heterocycles. The van der Waals surface area contributed by atoms with Gasteiger partial charge in [0.25, 0.3) is 5.91 Å². The van der Waals surface area contributed by atoms with Crippen LogP contribution in [-0.2, 0) is 4.79 Å². The normalized spacial score (nSPS) is 18.7. The first-order valence-electron chi connectivity index (χ1n) is 12.4. The molecule has 8 nitrogen and oxygen atoms in total. The van der Waals surface area contributed by atoms with Crippen molar-refractivity contribution in [1.29, 1.82) is 0 Å². The van der Waals surface area contributed by atoms with Crippen LogP contribution >= 0.6 is 0 Å². The van der Waals surface area contributed by atoms with Gasteiger partial charge in [0.05, 0.1) is 11.0 Å². The van der Waals surface area contributed by atoms with Crippen LogP contribution in [0.5, 0.6) is 0 Å². The summed E-state index contributed by atoms with van der Waals surface area (Å²) in [4.78, 5) is 41.4. The largest absolute Gasteiger partial charge is 0.490 e. The van der Waals surface area contributed by atoms with E-state index < -0.39 is 23.8 Å². The van der Waals surface area contributed by atoms with Gasteiger partial charge in [-0.05, 0) is 56.0 Å². The van der Waals surface area contributed by atoms with Gasteiger partial charge in [-0.2, -0.15) is 13.2 Å². The van der Waals surface area contributed by atoms with Gasteiger partial charge in [0.15, 0.2) is 11.6 Å². The summed E-state index contributed by atoms with van der Waals surface area (Å²) in [5, 5.41) is 7.12. The third kappa shape index (κ3) is 6.47. The Balaban J connectivity index is 0.000000448. The number of nitrogens with zero attached hydrogens (tertiary/aromatic N) is 3. The van der Waals surface area contributed by atoms with E-state index in [4.69, 9.17) is 9.90 Å². The number of benzene rings is 2. The van der Waals surface area contributed by atoms with Crippen molar-refractivity contribution in [2.45, 2.75) is 43.9 Å². The number of carboxylic acid groups (broad SMARTS) is 1. The Bertz CT molecular complexity index is 1390. The van der Waals surface area contributed by atoms with Gasteiger partial charge >= 0.3 is 17.8 Å². The van der Waals surface area contributed by atoms with Crippen LogP contribution in [0, 0.1) is 11.6 Å². The number of aliphatic carboxylic acids is 1. The molecule has 0 spiro atoms. The Morgan fingerprint density at radius 2 is 1.64 bits per heavy atom. The van der Waals surface area contributed by atoms with Gasteiger partial charge in [-0.3, -0.25) is 9.36 Å². The van der Waals surface area contributed by atoms with Crippen molar-refractivity contribution in [2.75, 3.05) is 26.2 Å². The fraction of sp³-hybridized carbons (Fsp3) is 0.423. The van der Waals surface area contributed by atoms with Crippen molar-refractivity contribution in [3.63, 3.8) is 0 Å². The van der Waals surface area contributed by atoms with Crippen molar-refractivity contribution in [3.05, 3.63) is 70.1 Å². The minimum absolute atomic E-state index is 0.0583. The van der Waals surface area contributed by atoms with E-state index in [0.717, 1.165) is 68.5 Å². The molecule has 2 saturated heterocycles. The number of imidazole rings is 1.